The fourth-order valence-corrected chi connectivity index (χ4v) is 2.31. The maximum Gasteiger partial charge on any atom is 0.255 e. The number of rotatable bonds is 2. The van der Waals surface area contributed by atoms with E-state index in [0.717, 1.165) is 25.9 Å². The van der Waals surface area contributed by atoms with Gasteiger partial charge in [-0.15, -0.1) is 0 Å². The number of benzene rings is 1. The van der Waals surface area contributed by atoms with E-state index in [2.05, 4.69) is 11.4 Å². The minimum Gasteiger partial charge on any atom is -0.338 e. The van der Waals surface area contributed by atoms with Crippen molar-refractivity contribution in [3.63, 3.8) is 0 Å². The smallest absolute Gasteiger partial charge is 0.255 e. The van der Waals surface area contributed by atoms with Crippen LogP contribution in [0.5, 0.6) is 0 Å². The Labute approximate surface area is 107 Å². The van der Waals surface area contributed by atoms with Crippen molar-refractivity contribution in [1.29, 1.82) is 5.26 Å². The monoisotopic (exact) mass is 243 g/mol. The summed E-state index contributed by atoms with van der Waals surface area (Å²) in [6.07, 6.45) is 1.94. The Balaban J connectivity index is 2.11. The van der Waals surface area contributed by atoms with Crippen LogP contribution in [0.1, 0.15) is 28.8 Å². The van der Waals surface area contributed by atoms with Gasteiger partial charge in [0.2, 0.25) is 0 Å². The number of amides is 1. The summed E-state index contributed by atoms with van der Waals surface area (Å²) in [6.45, 7) is 1.51. The third-order valence-corrected chi connectivity index (χ3v) is 3.47. The molecule has 0 aromatic heterocycles. The molecule has 0 atom stereocenters. The van der Waals surface area contributed by atoms with Crippen LogP contribution in [0, 0.1) is 11.3 Å². The van der Waals surface area contributed by atoms with Crippen LogP contribution in [-0.2, 0) is 0 Å². The summed E-state index contributed by atoms with van der Waals surface area (Å²) in [4.78, 5) is 14.2. The first-order chi connectivity index (χ1) is 8.76. The van der Waals surface area contributed by atoms with E-state index in [1.54, 1.807) is 24.3 Å². The van der Waals surface area contributed by atoms with E-state index in [-0.39, 0.29) is 5.91 Å². The molecule has 4 heteroatoms. The second-order valence-electron chi connectivity index (χ2n) is 4.51. The van der Waals surface area contributed by atoms with Crippen molar-refractivity contribution < 1.29 is 4.79 Å². The van der Waals surface area contributed by atoms with Crippen LogP contribution in [0.25, 0.3) is 0 Å². The van der Waals surface area contributed by atoms with E-state index >= 15 is 0 Å². The number of hydrogen-bond acceptors (Lipinski definition) is 3. The molecule has 0 saturated carbocycles. The SMILES string of the molecule is CNC1CCN(C(=O)c2ccccc2C#N)CC1. The summed E-state index contributed by atoms with van der Waals surface area (Å²) < 4.78 is 0. The van der Waals surface area contributed by atoms with Gasteiger partial charge in [-0.3, -0.25) is 4.79 Å². The van der Waals surface area contributed by atoms with Crippen LogP contribution in [0.15, 0.2) is 24.3 Å². The van der Waals surface area contributed by atoms with Crippen molar-refractivity contribution in [3.8, 4) is 6.07 Å². The lowest BCUT2D eigenvalue weighted by Crippen LogP contribution is -2.44. The normalized spacial score (nSPS) is 16.3. The number of carbonyl (C=O) groups excluding carboxylic acids is 1. The molecule has 1 fully saturated rings. The number of hydrogen-bond donors (Lipinski definition) is 1. The topological polar surface area (TPSA) is 56.1 Å². The van der Waals surface area contributed by atoms with Gasteiger partial charge in [-0.2, -0.15) is 5.26 Å². The van der Waals surface area contributed by atoms with Crippen molar-refractivity contribution in [3.05, 3.63) is 35.4 Å². The largest absolute Gasteiger partial charge is 0.338 e. The molecule has 0 unspecified atom stereocenters. The molecule has 4 nitrogen and oxygen atoms in total. The first-order valence-electron chi connectivity index (χ1n) is 6.22. The molecular formula is C14H17N3O. The highest BCUT2D eigenvalue weighted by molar-refractivity contribution is 5.96. The molecule has 1 amide bonds. The molecule has 18 heavy (non-hydrogen) atoms. The van der Waals surface area contributed by atoms with Crippen LogP contribution in [-0.4, -0.2) is 37.0 Å². The molecule has 1 saturated heterocycles. The average Bonchev–Trinajstić information content (AvgIpc) is 2.46. The van der Waals surface area contributed by atoms with E-state index in [9.17, 15) is 4.79 Å². The zero-order valence-corrected chi connectivity index (χ0v) is 10.5. The fourth-order valence-electron chi connectivity index (χ4n) is 2.31. The minimum atomic E-state index is -0.0262. The second-order valence-corrected chi connectivity index (χ2v) is 4.51. The molecule has 1 aliphatic rings. The average molecular weight is 243 g/mol. The van der Waals surface area contributed by atoms with Gasteiger partial charge in [-0.1, -0.05) is 12.1 Å². The van der Waals surface area contributed by atoms with Crippen molar-refractivity contribution >= 4 is 5.91 Å². The number of nitrogens with zero attached hydrogens (tertiary/aromatic N) is 2. The number of nitrogens with one attached hydrogen (secondary N) is 1. The minimum absolute atomic E-state index is 0.0262. The first-order valence-corrected chi connectivity index (χ1v) is 6.22. The zero-order chi connectivity index (χ0) is 13.0. The molecular weight excluding hydrogens is 226 g/mol. The Hall–Kier alpha value is -1.86. The molecule has 0 bridgehead atoms. The van der Waals surface area contributed by atoms with Crippen LogP contribution < -0.4 is 5.32 Å². The zero-order valence-electron chi connectivity index (χ0n) is 10.5. The van der Waals surface area contributed by atoms with Gasteiger partial charge >= 0.3 is 0 Å². The van der Waals surface area contributed by atoms with E-state index < -0.39 is 0 Å². The predicted molar refractivity (Wildman–Crippen MR) is 69.1 cm³/mol. The Kier molecular flexibility index (Phi) is 3.96. The van der Waals surface area contributed by atoms with Gasteiger partial charge in [0, 0.05) is 19.1 Å². The molecule has 0 spiro atoms. The Bertz CT molecular complexity index is 470. The third-order valence-electron chi connectivity index (χ3n) is 3.47. The Morgan fingerprint density at radius 2 is 2.06 bits per heavy atom. The van der Waals surface area contributed by atoms with Gasteiger partial charge in [-0.25, -0.2) is 0 Å². The van der Waals surface area contributed by atoms with E-state index in [0.29, 0.717) is 17.2 Å². The number of likely N-dealkylation sites (tertiary alicyclic amines) is 1. The van der Waals surface area contributed by atoms with Crippen LogP contribution in [0.2, 0.25) is 0 Å². The van der Waals surface area contributed by atoms with Gasteiger partial charge < -0.3 is 10.2 Å². The van der Waals surface area contributed by atoms with E-state index in [4.69, 9.17) is 5.26 Å². The van der Waals surface area contributed by atoms with E-state index in [1.807, 2.05) is 11.9 Å². The van der Waals surface area contributed by atoms with Gasteiger partial charge in [0.15, 0.2) is 0 Å². The molecule has 1 N–H and O–H groups in total. The molecule has 1 heterocycles. The van der Waals surface area contributed by atoms with Gasteiger partial charge in [0.25, 0.3) is 5.91 Å². The van der Waals surface area contributed by atoms with E-state index in [1.165, 1.54) is 0 Å². The van der Waals surface area contributed by atoms with Gasteiger partial charge in [0.1, 0.15) is 0 Å². The van der Waals surface area contributed by atoms with Gasteiger partial charge in [-0.05, 0) is 32.0 Å². The molecule has 2 rings (SSSR count). The Morgan fingerprint density at radius 3 is 2.67 bits per heavy atom. The molecule has 0 aliphatic carbocycles. The predicted octanol–water partition coefficient (Wildman–Crippen LogP) is 1.38. The van der Waals surface area contributed by atoms with Gasteiger partial charge in [0.05, 0.1) is 17.2 Å². The summed E-state index contributed by atoms with van der Waals surface area (Å²) in [5.74, 6) is -0.0262. The lowest BCUT2D eigenvalue weighted by Gasteiger charge is -2.32. The summed E-state index contributed by atoms with van der Waals surface area (Å²) in [7, 11) is 1.95. The third kappa shape index (κ3) is 2.52. The lowest BCUT2D eigenvalue weighted by atomic mass is 10.0. The maximum absolute atomic E-state index is 12.3. The summed E-state index contributed by atoms with van der Waals surface area (Å²) in [6, 6.07) is 9.57. The molecule has 0 radical (unpaired) electrons. The number of carbonyl (C=O) groups is 1. The first kappa shape index (κ1) is 12.6. The van der Waals surface area contributed by atoms with Crippen molar-refractivity contribution in [2.24, 2.45) is 0 Å². The highest BCUT2D eigenvalue weighted by Gasteiger charge is 2.23. The number of nitriles is 1. The fraction of sp³-hybridized carbons (Fsp3) is 0.429. The van der Waals surface area contributed by atoms with Crippen LogP contribution in [0.4, 0.5) is 0 Å². The van der Waals surface area contributed by atoms with Crippen LogP contribution in [0.3, 0.4) is 0 Å². The molecule has 94 valence electrons. The maximum atomic E-state index is 12.3. The summed E-state index contributed by atoms with van der Waals surface area (Å²) >= 11 is 0. The molecule has 1 aliphatic heterocycles. The Morgan fingerprint density at radius 1 is 1.39 bits per heavy atom. The highest BCUT2D eigenvalue weighted by atomic mass is 16.2. The quantitative estimate of drug-likeness (QED) is 0.853. The van der Waals surface area contributed by atoms with Crippen molar-refractivity contribution in [2.75, 3.05) is 20.1 Å². The second kappa shape index (κ2) is 5.65. The van der Waals surface area contributed by atoms with Crippen LogP contribution >= 0.6 is 0 Å². The molecule has 1 aromatic rings. The van der Waals surface area contributed by atoms with Crippen molar-refractivity contribution in [1.82, 2.24) is 10.2 Å². The highest BCUT2D eigenvalue weighted by Crippen LogP contribution is 2.16. The number of piperidine rings is 1. The summed E-state index contributed by atoms with van der Waals surface area (Å²) in [5.41, 5.74) is 0.973. The molecule has 1 aromatic carbocycles. The lowest BCUT2D eigenvalue weighted by molar-refractivity contribution is 0.0707. The summed E-state index contributed by atoms with van der Waals surface area (Å²) in [5, 5.41) is 12.3. The standard InChI is InChI=1S/C14H17N3O/c1-16-12-6-8-17(9-7-12)14(18)13-5-3-2-4-11(13)10-15/h2-5,12,16H,6-9H2,1H3. The van der Waals surface area contributed by atoms with Crippen molar-refractivity contribution in [2.45, 2.75) is 18.9 Å².